The highest BCUT2D eigenvalue weighted by Gasteiger charge is 2.29. The average molecular weight is 353 g/mol. The van der Waals surface area contributed by atoms with Crippen LogP contribution in [0.3, 0.4) is 0 Å². The van der Waals surface area contributed by atoms with Gasteiger partial charge in [0, 0.05) is 18.4 Å². The predicted octanol–water partition coefficient (Wildman–Crippen LogP) is 3.15. The van der Waals surface area contributed by atoms with Crippen LogP contribution in [0, 0.1) is 19.8 Å². The second-order valence-corrected chi connectivity index (χ2v) is 6.01. The number of amides is 2. The van der Waals surface area contributed by atoms with E-state index in [0.717, 1.165) is 11.1 Å². The van der Waals surface area contributed by atoms with E-state index in [1.165, 1.54) is 18.2 Å². The van der Waals surface area contributed by atoms with Crippen LogP contribution in [0.1, 0.15) is 11.1 Å². The molecule has 0 aliphatic rings. The molecular weight excluding hydrogens is 330 g/mol. The number of hydrogen-bond acceptors (Lipinski definition) is 4. The molecule has 2 aromatic rings. The largest absolute Gasteiger partial charge is 0.399 e. The van der Waals surface area contributed by atoms with Gasteiger partial charge >= 0.3 is 0 Å². The van der Waals surface area contributed by atoms with Crippen LogP contribution < -0.4 is 10.2 Å². The third kappa shape index (κ3) is 4.92. The highest BCUT2D eigenvalue weighted by Crippen LogP contribution is 2.18. The van der Waals surface area contributed by atoms with Gasteiger partial charge in [0.05, 0.1) is 6.21 Å². The van der Waals surface area contributed by atoms with Gasteiger partial charge in [0.25, 0.3) is 0 Å². The summed E-state index contributed by atoms with van der Waals surface area (Å²) in [4.78, 5) is 31.7. The summed E-state index contributed by atoms with van der Waals surface area (Å²) in [5.41, 5.74) is 3.35. The minimum absolute atomic E-state index is 0.401. The van der Waals surface area contributed by atoms with Gasteiger partial charge in [-0.1, -0.05) is 29.4 Å². The van der Waals surface area contributed by atoms with Crippen molar-refractivity contribution in [3.05, 3.63) is 59.7 Å². The van der Waals surface area contributed by atoms with Crippen molar-refractivity contribution in [2.75, 3.05) is 24.4 Å². The summed E-state index contributed by atoms with van der Waals surface area (Å²) >= 11 is 0. The predicted molar refractivity (Wildman–Crippen MR) is 103 cm³/mol. The highest BCUT2D eigenvalue weighted by molar-refractivity contribution is 6.20. The normalized spacial score (nSPS) is 11.8. The topological polar surface area (TPSA) is 71.0 Å². The van der Waals surface area contributed by atoms with E-state index in [-0.39, 0.29) is 0 Å². The van der Waals surface area contributed by atoms with Crippen LogP contribution >= 0.6 is 0 Å². The molecule has 1 unspecified atom stereocenters. The van der Waals surface area contributed by atoms with Crippen LogP contribution in [0.5, 0.6) is 0 Å². The lowest BCUT2D eigenvalue weighted by atomic mass is 10.1. The molecule has 1 N–H and O–H groups in total. The lowest BCUT2D eigenvalue weighted by Crippen LogP contribution is -2.40. The van der Waals surface area contributed by atoms with Crippen molar-refractivity contribution in [2.45, 2.75) is 13.8 Å². The molecule has 2 rings (SSSR count). The molecule has 26 heavy (non-hydrogen) atoms. The Kier molecular flexibility index (Phi) is 6.49. The van der Waals surface area contributed by atoms with Crippen molar-refractivity contribution in [3.8, 4) is 0 Å². The lowest BCUT2D eigenvalue weighted by molar-refractivity contribution is -0.127. The standard InChI is InChI=1S/C20H23N3O3/c1-14-7-5-9-16(11-14)22-19(24)18(13-21-26-4)20(25)23(3)17-10-6-8-15(2)12-17/h5-13,18H,1-4H3,(H,22,24). The quantitative estimate of drug-likeness (QED) is 0.493. The van der Waals surface area contributed by atoms with E-state index in [1.807, 2.05) is 56.3 Å². The number of rotatable bonds is 6. The van der Waals surface area contributed by atoms with Crippen molar-refractivity contribution in [3.63, 3.8) is 0 Å². The first kappa shape index (κ1) is 19.2. The smallest absolute Gasteiger partial charge is 0.244 e. The SMILES string of the molecule is CON=CC(C(=O)Nc1cccc(C)c1)C(=O)N(C)c1cccc(C)c1. The molecule has 0 saturated carbocycles. The summed E-state index contributed by atoms with van der Waals surface area (Å²) in [7, 11) is 2.99. The van der Waals surface area contributed by atoms with Crippen LogP contribution in [0.25, 0.3) is 0 Å². The van der Waals surface area contributed by atoms with E-state index < -0.39 is 17.7 Å². The van der Waals surface area contributed by atoms with E-state index in [4.69, 9.17) is 0 Å². The second-order valence-electron chi connectivity index (χ2n) is 6.01. The Labute approximate surface area is 153 Å². The molecule has 0 aromatic heterocycles. The first-order valence-electron chi connectivity index (χ1n) is 8.21. The number of carbonyl (C=O) groups is 2. The van der Waals surface area contributed by atoms with Crippen molar-refractivity contribution in [2.24, 2.45) is 11.1 Å². The molecule has 136 valence electrons. The first-order chi connectivity index (χ1) is 12.4. The van der Waals surface area contributed by atoms with Crippen LogP contribution in [0.2, 0.25) is 0 Å². The Hall–Kier alpha value is -3.15. The zero-order chi connectivity index (χ0) is 19.1. The molecule has 6 nitrogen and oxygen atoms in total. The number of hydrogen-bond donors (Lipinski definition) is 1. The van der Waals surface area contributed by atoms with Crippen LogP contribution in [0.15, 0.2) is 53.7 Å². The average Bonchev–Trinajstić information content (AvgIpc) is 2.61. The molecule has 0 saturated heterocycles. The zero-order valence-corrected chi connectivity index (χ0v) is 15.4. The van der Waals surface area contributed by atoms with E-state index >= 15 is 0 Å². The minimum Gasteiger partial charge on any atom is -0.399 e. The van der Waals surface area contributed by atoms with Gasteiger partial charge in [0.15, 0.2) is 5.92 Å². The highest BCUT2D eigenvalue weighted by atomic mass is 16.6. The number of aryl methyl sites for hydroxylation is 2. The molecule has 6 heteroatoms. The molecule has 0 aliphatic heterocycles. The Bertz CT molecular complexity index is 817. The zero-order valence-electron chi connectivity index (χ0n) is 15.4. The summed E-state index contributed by atoms with van der Waals surface area (Å²) in [6.45, 7) is 3.87. The van der Waals surface area contributed by atoms with Crippen LogP contribution in [0.4, 0.5) is 11.4 Å². The monoisotopic (exact) mass is 353 g/mol. The molecule has 2 amide bonds. The number of anilines is 2. The number of oxime groups is 1. The van der Waals surface area contributed by atoms with Crippen molar-refractivity contribution >= 4 is 29.4 Å². The van der Waals surface area contributed by atoms with Crippen LogP contribution in [-0.2, 0) is 14.4 Å². The van der Waals surface area contributed by atoms with Gasteiger partial charge in [-0.25, -0.2) is 0 Å². The molecule has 0 aliphatic carbocycles. The van der Waals surface area contributed by atoms with E-state index in [9.17, 15) is 9.59 Å². The van der Waals surface area contributed by atoms with Gasteiger partial charge in [0.1, 0.15) is 7.11 Å². The van der Waals surface area contributed by atoms with E-state index in [0.29, 0.717) is 11.4 Å². The Morgan fingerprint density at radius 1 is 1.12 bits per heavy atom. The van der Waals surface area contributed by atoms with E-state index in [1.54, 1.807) is 13.1 Å². The maximum absolute atomic E-state index is 12.9. The lowest BCUT2D eigenvalue weighted by Gasteiger charge is -2.21. The number of nitrogens with zero attached hydrogens (tertiary/aromatic N) is 2. The Morgan fingerprint density at radius 3 is 2.38 bits per heavy atom. The molecule has 0 radical (unpaired) electrons. The number of nitrogens with one attached hydrogen (secondary N) is 1. The Morgan fingerprint density at radius 2 is 1.77 bits per heavy atom. The minimum atomic E-state index is -1.11. The molecule has 2 aromatic carbocycles. The van der Waals surface area contributed by atoms with Crippen molar-refractivity contribution in [1.29, 1.82) is 0 Å². The summed E-state index contributed by atoms with van der Waals surface area (Å²) in [5.74, 6) is -1.98. The molecule has 0 bridgehead atoms. The third-order valence-electron chi connectivity index (χ3n) is 3.87. The summed E-state index contributed by atoms with van der Waals surface area (Å²) in [5, 5.41) is 6.39. The first-order valence-corrected chi connectivity index (χ1v) is 8.21. The summed E-state index contributed by atoms with van der Waals surface area (Å²) < 4.78 is 0. The maximum Gasteiger partial charge on any atom is 0.244 e. The fraction of sp³-hybridized carbons (Fsp3) is 0.250. The van der Waals surface area contributed by atoms with Gasteiger partial charge in [-0.3, -0.25) is 9.59 Å². The van der Waals surface area contributed by atoms with Gasteiger partial charge in [0.2, 0.25) is 11.8 Å². The summed E-state index contributed by atoms with van der Waals surface area (Å²) in [6, 6.07) is 14.9. The number of carbonyl (C=O) groups excluding carboxylic acids is 2. The fourth-order valence-corrected chi connectivity index (χ4v) is 2.48. The van der Waals surface area contributed by atoms with Gasteiger partial charge in [-0.05, 0) is 49.2 Å². The molecular formula is C20H23N3O3. The molecule has 0 fully saturated rings. The fourth-order valence-electron chi connectivity index (χ4n) is 2.48. The second kappa shape index (κ2) is 8.80. The van der Waals surface area contributed by atoms with Gasteiger partial charge in [-0.2, -0.15) is 0 Å². The number of benzene rings is 2. The van der Waals surface area contributed by atoms with E-state index in [2.05, 4.69) is 15.3 Å². The Balaban J connectivity index is 2.23. The van der Waals surface area contributed by atoms with Gasteiger partial charge in [-0.15, -0.1) is 0 Å². The molecule has 0 heterocycles. The van der Waals surface area contributed by atoms with Crippen LogP contribution in [-0.4, -0.2) is 32.2 Å². The van der Waals surface area contributed by atoms with Gasteiger partial charge < -0.3 is 15.1 Å². The maximum atomic E-state index is 12.9. The van der Waals surface area contributed by atoms with Crippen molar-refractivity contribution < 1.29 is 14.4 Å². The third-order valence-corrected chi connectivity index (χ3v) is 3.87. The summed E-state index contributed by atoms with van der Waals surface area (Å²) in [6.07, 6.45) is 1.21. The van der Waals surface area contributed by atoms with Crippen molar-refractivity contribution in [1.82, 2.24) is 0 Å². The molecule has 1 atom stereocenters. The molecule has 0 spiro atoms.